The fraction of sp³-hybridized carbons (Fsp3) is 0.571. The molecule has 0 aromatic heterocycles. The summed E-state index contributed by atoms with van der Waals surface area (Å²) in [6.07, 6.45) is 2.26. The van der Waals surface area contributed by atoms with Crippen molar-refractivity contribution in [2.75, 3.05) is 25.0 Å². The molecule has 96 valence electrons. The van der Waals surface area contributed by atoms with Crippen molar-refractivity contribution in [2.24, 2.45) is 0 Å². The predicted molar refractivity (Wildman–Crippen MR) is 72.0 cm³/mol. The predicted octanol–water partition coefficient (Wildman–Crippen LogP) is 3.04. The van der Waals surface area contributed by atoms with Crippen molar-refractivity contribution in [2.45, 2.75) is 32.7 Å². The van der Waals surface area contributed by atoms with Crippen molar-refractivity contribution in [1.82, 2.24) is 5.32 Å². The van der Waals surface area contributed by atoms with Crippen molar-refractivity contribution < 1.29 is 4.39 Å². The van der Waals surface area contributed by atoms with Crippen molar-refractivity contribution in [1.29, 1.82) is 0 Å². The molecule has 0 radical (unpaired) electrons. The van der Waals surface area contributed by atoms with Gasteiger partial charge in [-0.15, -0.1) is 0 Å². The maximum atomic E-state index is 13.6. The van der Waals surface area contributed by atoms with Gasteiger partial charge in [0.25, 0.3) is 0 Å². The number of halogens is 1. The van der Waals surface area contributed by atoms with Crippen LogP contribution in [-0.4, -0.2) is 26.2 Å². The van der Waals surface area contributed by atoms with Crippen LogP contribution in [0.15, 0.2) is 24.3 Å². The van der Waals surface area contributed by atoms with E-state index in [2.05, 4.69) is 19.2 Å². The van der Waals surface area contributed by atoms with Crippen LogP contribution in [0.2, 0.25) is 0 Å². The van der Waals surface area contributed by atoms with Crippen LogP contribution in [0.4, 0.5) is 10.1 Å². The van der Waals surface area contributed by atoms with Gasteiger partial charge in [-0.25, -0.2) is 4.39 Å². The van der Waals surface area contributed by atoms with Gasteiger partial charge in [-0.3, -0.25) is 0 Å². The van der Waals surface area contributed by atoms with Crippen LogP contribution >= 0.6 is 0 Å². The molecule has 17 heavy (non-hydrogen) atoms. The van der Waals surface area contributed by atoms with Gasteiger partial charge in [0.05, 0.1) is 5.69 Å². The molecule has 0 heterocycles. The van der Waals surface area contributed by atoms with Gasteiger partial charge in [0.2, 0.25) is 0 Å². The number of anilines is 1. The van der Waals surface area contributed by atoms with Gasteiger partial charge in [0.15, 0.2) is 0 Å². The zero-order chi connectivity index (χ0) is 12.7. The topological polar surface area (TPSA) is 15.3 Å². The Bertz CT molecular complexity index is 322. The summed E-state index contributed by atoms with van der Waals surface area (Å²) in [4.78, 5) is 1.98. The fourth-order valence-corrected chi connectivity index (χ4v) is 2.09. The summed E-state index contributed by atoms with van der Waals surface area (Å²) < 4.78 is 13.6. The molecule has 1 atom stereocenters. The maximum absolute atomic E-state index is 13.6. The standard InChI is InChI=1S/C14H23FN2/c1-4-8-12(16-5-2)11-17(3)14-10-7-6-9-13(14)15/h6-7,9-10,12,16H,4-5,8,11H2,1-3H3. The molecule has 1 aromatic carbocycles. The highest BCUT2D eigenvalue weighted by Gasteiger charge is 2.12. The average molecular weight is 238 g/mol. The Kier molecular flexibility index (Phi) is 5.98. The molecule has 1 unspecified atom stereocenters. The molecule has 0 saturated carbocycles. The van der Waals surface area contributed by atoms with E-state index in [0.29, 0.717) is 11.7 Å². The molecule has 0 aliphatic heterocycles. The van der Waals surface area contributed by atoms with Gasteiger partial charge in [0, 0.05) is 19.6 Å². The smallest absolute Gasteiger partial charge is 0.146 e. The Hall–Kier alpha value is -1.09. The third-order valence-corrected chi connectivity index (χ3v) is 2.89. The lowest BCUT2D eigenvalue weighted by molar-refractivity contribution is 0.486. The summed E-state index contributed by atoms with van der Waals surface area (Å²) in [7, 11) is 1.94. The summed E-state index contributed by atoms with van der Waals surface area (Å²) in [6, 6.07) is 7.35. The first kappa shape index (κ1) is 14.0. The van der Waals surface area contributed by atoms with E-state index in [0.717, 1.165) is 25.9 Å². The SMILES string of the molecule is CCCC(CN(C)c1ccccc1F)NCC. The summed E-state index contributed by atoms with van der Waals surface area (Å²) in [5.41, 5.74) is 0.673. The number of benzene rings is 1. The molecule has 1 N–H and O–H groups in total. The van der Waals surface area contributed by atoms with Crippen molar-refractivity contribution in [3.05, 3.63) is 30.1 Å². The first-order valence-corrected chi connectivity index (χ1v) is 6.38. The van der Waals surface area contributed by atoms with Crippen LogP contribution in [0, 0.1) is 5.82 Å². The van der Waals surface area contributed by atoms with Crippen LogP contribution in [0.25, 0.3) is 0 Å². The highest BCUT2D eigenvalue weighted by atomic mass is 19.1. The van der Waals surface area contributed by atoms with Gasteiger partial charge in [-0.05, 0) is 25.1 Å². The molecule has 3 heteroatoms. The first-order chi connectivity index (χ1) is 8.19. The lowest BCUT2D eigenvalue weighted by Gasteiger charge is -2.26. The quantitative estimate of drug-likeness (QED) is 0.785. The van der Waals surface area contributed by atoms with E-state index in [4.69, 9.17) is 0 Å². The molecule has 0 aliphatic carbocycles. The fourth-order valence-electron chi connectivity index (χ4n) is 2.09. The molecule has 0 amide bonds. The maximum Gasteiger partial charge on any atom is 0.146 e. The Morgan fingerprint density at radius 1 is 1.29 bits per heavy atom. The minimum atomic E-state index is -0.151. The number of nitrogens with zero attached hydrogens (tertiary/aromatic N) is 1. The first-order valence-electron chi connectivity index (χ1n) is 6.38. The normalized spacial score (nSPS) is 12.5. The second-order valence-electron chi connectivity index (χ2n) is 4.38. The van der Waals surface area contributed by atoms with E-state index in [9.17, 15) is 4.39 Å². The van der Waals surface area contributed by atoms with Crippen LogP contribution in [0.1, 0.15) is 26.7 Å². The number of para-hydroxylation sites is 1. The van der Waals surface area contributed by atoms with Crippen LogP contribution < -0.4 is 10.2 Å². The highest BCUT2D eigenvalue weighted by Crippen LogP contribution is 2.17. The largest absolute Gasteiger partial charge is 0.371 e. The summed E-state index contributed by atoms with van der Waals surface area (Å²) in [6.45, 7) is 6.07. The van der Waals surface area contributed by atoms with E-state index in [1.165, 1.54) is 6.07 Å². The van der Waals surface area contributed by atoms with Crippen LogP contribution in [0.5, 0.6) is 0 Å². The van der Waals surface area contributed by atoms with Crippen molar-refractivity contribution >= 4 is 5.69 Å². The van der Waals surface area contributed by atoms with Gasteiger partial charge in [0.1, 0.15) is 5.82 Å². The Morgan fingerprint density at radius 3 is 2.59 bits per heavy atom. The number of hydrogen-bond donors (Lipinski definition) is 1. The third-order valence-electron chi connectivity index (χ3n) is 2.89. The van der Waals surface area contributed by atoms with Crippen molar-refractivity contribution in [3.63, 3.8) is 0 Å². The molecule has 0 bridgehead atoms. The number of likely N-dealkylation sites (N-methyl/N-ethyl adjacent to an activating group) is 2. The molecule has 1 aromatic rings. The Morgan fingerprint density at radius 2 is 2.00 bits per heavy atom. The molecule has 0 saturated heterocycles. The number of rotatable bonds is 7. The molecule has 2 nitrogen and oxygen atoms in total. The monoisotopic (exact) mass is 238 g/mol. The number of hydrogen-bond acceptors (Lipinski definition) is 2. The zero-order valence-electron chi connectivity index (χ0n) is 11.0. The van der Waals surface area contributed by atoms with E-state index in [1.807, 2.05) is 24.1 Å². The van der Waals surface area contributed by atoms with Gasteiger partial charge in [-0.2, -0.15) is 0 Å². The lowest BCUT2D eigenvalue weighted by Crippen LogP contribution is -2.39. The Balaban J connectivity index is 2.63. The summed E-state index contributed by atoms with van der Waals surface area (Å²) in [5, 5.41) is 3.44. The van der Waals surface area contributed by atoms with Crippen LogP contribution in [0.3, 0.4) is 0 Å². The van der Waals surface area contributed by atoms with E-state index >= 15 is 0 Å². The van der Waals surface area contributed by atoms with Gasteiger partial charge >= 0.3 is 0 Å². The molecular weight excluding hydrogens is 215 g/mol. The molecule has 0 spiro atoms. The highest BCUT2D eigenvalue weighted by molar-refractivity contribution is 5.46. The minimum absolute atomic E-state index is 0.151. The second-order valence-corrected chi connectivity index (χ2v) is 4.38. The zero-order valence-corrected chi connectivity index (χ0v) is 11.0. The van der Waals surface area contributed by atoms with E-state index < -0.39 is 0 Å². The van der Waals surface area contributed by atoms with Crippen LogP contribution in [-0.2, 0) is 0 Å². The summed E-state index contributed by atoms with van der Waals surface area (Å²) in [5.74, 6) is -0.151. The average Bonchev–Trinajstić information content (AvgIpc) is 2.30. The van der Waals surface area contributed by atoms with Crippen molar-refractivity contribution in [3.8, 4) is 0 Å². The third kappa shape index (κ3) is 4.35. The van der Waals surface area contributed by atoms with Gasteiger partial charge in [-0.1, -0.05) is 32.4 Å². The summed E-state index contributed by atoms with van der Waals surface area (Å²) >= 11 is 0. The Labute approximate surface area is 104 Å². The molecule has 0 fully saturated rings. The molecule has 0 aliphatic rings. The van der Waals surface area contributed by atoms with E-state index in [-0.39, 0.29) is 5.82 Å². The lowest BCUT2D eigenvalue weighted by atomic mass is 10.1. The second kappa shape index (κ2) is 7.28. The minimum Gasteiger partial charge on any atom is -0.371 e. The number of nitrogens with one attached hydrogen (secondary N) is 1. The van der Waals surface area contributed by atoms with E-state index in [1.54, 1.807) is 6.07 Å². The molecular formula is C14H23FN2. The van der Waals surface area contributed by atoms with Gasteiger partial charge < -0.3 is 10.2 Å². The molecule has 1 rings (SSSR count).